The molecular weight excluding hydrogens is 256 g/mol. The molecule has 0 amide bonds. The number of halogens is 2. The molecular formula is C13H17F2NO3. The molecule has 3 N–H and O–H groups in total. The van der Waals surface area contributed by atoms with Crippen molar-refractivity contribution >= 4 is 5.97 Å². The maximum atomic E-state index is 13.8. The third-order valence-electron chi connectivity index (χ3n) is 2.81. The van der Waals surface area contributed by atoms with Gasteiger partial charge in [-0.3, -0.25) is 0 Å². The van der Waals surface area contributed by atoms with Crippen molar-refractivity contribution in [1.29, 1.82) is 0 Å². The molecule has 0 aromatic heterocycles. The minimum Gasteiger partial charge on any atom is -0.507 e. The SMILES string of the molecule is CCOC(=O)C(F)(F)[C@@H](N)c1cc(C)c(O)c(C)c1. The lowest BCUT2D eigenvalue weighted by molar-refractivity contribution is -0.174. The van der Waals surface area contributed by atoms with Gasteiger partial charge in [-0.15, -0.1) is 0 Å². The molecule has 0 aliphatic rings. The summed E-state index contributed by atoms with van der Waals surface area (Å²) in [5.74, 6) is -5.44. The van der Waals surface area contributed by atoms with Crippen LogP contribution >= 0.6 is 0 Å². The summed E-state index contributed by atoms with van der Waals surface area (Å²) >= 11 is 0. The van der Waals surface area contributed by atoms with Crippen molar-refractivity contribution in [3.05, 3.63) is 28.8 Å². The molecule has 0 aliphatic carbocycles. The van der Waals surface area contributed by atoms with E-state index in [1.54, 1.807) is 13.8 Å². The van der Waals surface area contributed by atoms with Crippen molar-refractivity contribution in [1.82, 2.24) is 0 Å². The largest absolute Gasteiger partial charge is 0.507 e. The molecule has 1 aromatic rings. The lowest BCUT2D eigenvalue weighted by Crippen LogP contribution is -2.41. The van der Waals surface area contributed by atoms with Crippen LogP contribution in [0.25, 0.3) is 0 Å². The van der Waals surface area contributed by atoms with Crippen LogP contribution in [0, 0.1) is 13.8 Å². The summed E-state index contributed by atoms with van der Waals surface area (Å²) in [4.78, 5) is 11.2. The molecule has 0 unspecified atom stereocenters. The minimum absolute atomic E-state index is 0.0235. The van der Waals surface area contributed by atoms with Gasteiger partial charge in [0.25, 0.3) is 0 Å². The second-order valence-corrected chi connectivity index (χ2v) is 4.32. The number of esters is 1. The second-order valence-electron chi connectivity index (χ2n) is 4.32. The standard InChI is InChI=1S/C13H17F2NO3/c1-4-19-12(18)13(14,15)11(16)9-5-7(2)10(17)8(3)6-9/h5-6,11,17H,4,16H2,1-3H3/t11-/m0/s1. The monoisotopic (exact) mass is 273 g/mol. The van der Waals surface area contributed by atoms with Crippen LogP contribution in [0.4, 0.5) is 8.78 Å². The predicted octanol–water partition coefficient (Wildman–Crippen LogP) is 2.21. The number of phenols is 1. The second kappa shape index (κ2) is 5.52. The van der Waals surface area contributed by atoms with Crippen molar-refractivity contribution in [2.75, 3.05) is 6.61 Å². The first-order valence-corrected chi connectivity index (χ1v) is 5.82. The molecule has 0 aliphatic heterocycles. The van der Waals surface area contributed by atoms with Gasteiger partial charge in [0, 0.05) is 0 Å². The third-order valence-corrected chi connectivity index (χ3v) is 2.81. The summed E-state index contributed by atoms with van der Waals surface area (Å²) in [6, 6.07) is 0.852. The summed E-state index contributed by atoms with van der Waals surface area (Å²) in [5, 5.41) is 9.59. The van der Waals surface area contributed by atoms with Gasteiger partial charge >= 0.3 is 11.9 Å². The number of carbonyl (C=O) groups excluding carboxylic acids is 1. The van der Waals surface area contributed by atoms with Crippen LogP contribution < -0.4 is 5.73 Å². The first kappa shape index (κ1) is 15.4. The molecule has 1 aromatic carbocycles. The van der Waals surface area contributed by atoms with Gasteiger partial charge < -0.3 is 15.6 Å². The zero-order valence-corrected chi connectivity index (χ0v) is 11.0. The molecule has 0 heterocycles. The number of hydrogen-bond donors (Lipinski definition) is 2. The molecule has 106 valence electrons. The quantitative estimate of drug-likeness (QED) is 0.825. The summed E-state index contributed by atoms with van der Waals surface area (Å²) in [5.41, 5.74) is 6.38. The van der Waals surface area contributed by atoms with Gasteiger partial charge in [0.1, 0.15) is 11.8 Å². The maximum Gasteiger partial charge on any atom is 0.379 e. The Kier molecular flexibility index (Phi) is 4.47. The highest BCUT2D eigenvalue weighted by Crippen LogP contribution is 2.34. The number of ether oxygens (including phenoxy) is 1. The van der Waals surface area contributed by atoms with E-state index < -0.39 is 17.9 Å². The van der Waals surface area contributed by atoms with E-state index in [-0.39, 0.29) is 17.9 Å². The maximum absolute atomic E-state index is 13.8. The molecule has 0 saturated carbocycles. The van der Waals surface area contributed by atoms with Crippen molar-refractivity contribution in [2.45, 2.75) is 32.7 Å². The van der Waals surface area contributed by atoms with E-state index in [4.69, 9.17) is 5.73 Å². The summed E-state index contributed by atoms with van der Waals surface area (Å²) in [7, 11) is 0. The molecule has 6 heteroatoms. The van der Waals surface area contributed by atoms with E-state index in [1.165, 1.54) is 19.1 Å². The fourth-order valence-corrected chi connectivity index (χ4v) is 1.73. The molecule has 19 heavy (non-hydrogen) atoms. The van der Waals surface area contributed by atoms with Crippen LogP contribution in [0.2, 0.25) is 0 Å². The molecule has 4 nitrogen and oxygen atoms in total. The Morgan fingerprint density at radius 1 is 1.42 bits per heavy atom. The zero-order valence-electron chi connectivity index (χ0n) is 11.0. The van der Waals surface area contributed by atoms with Gasteiger partial charge in [-0.05, 0) is 37.5 Å². The molecule has 1 rings (SSSR count). The van der Waals surface area contributed by atoms with E-state index >= 15 is 0 Å². The van der Waals surface area contributed by atoms with E-state index in [0.29, 0.717) is 11.1 Å². The van der Waals surface area contributed by atoms with E-state index in [1.807, 2.05) is 0 Å². The fourth-order valence-electron chi connectivity index (χ4n) is 1.73. The van der Waals surface area contributed by atoms with Crippen LogP contribution in [-0.2, 0) is 9.53 Å². The Bertz CT molecular complexity index is 466. The highest BCUT2D eigenvalue weighted by molar-refractivity contribution is 5.79. The van der Waals surface area contributed by atoms with Crippen LogP contribution in [0.1, 0.15) is 29.7 Å². The number of phenolic OH excluding ortho intramolecular Hbond substituents is 1. The number of nitrogens with two attached hydrogens (primary N) is 1. The Morgan fingerprint density at radius 3 is 2.32 bits per heavy atom. The summed E-state index contributed by atoms with van der Waals surface area (Å²) in [6.45, 7) is 4.44. The number of carbonyl (C=O) groups is 1. The van der Waals surface area contributed by atoms with Crippen LogP contribution in [-0.4, -0.2) is 23.6 Å². The molecule has 0 saturated heterocycles. The first-order valence-electron chi connectivity index (χ1n) is 5.82. The zero-order chi connectivity index (χ0) is 14.8. The van der Waals surface area contributed by atoms with Gasteiger partial charge in [-0.2, -0.15) is 8.78 Å². The van der Waals surface area contributed by atoms with Crippen LogP contribution in [0.3, 0.4) is 0 Å². The molecule has 0 spiro atoms. The van der Waals surface area contributed by atoms with Gasteiger partial charge in [0.15, 0.2) is 0 Å². The summed E-state index contributed by atoms with van der Waals surface area (Å²) < 4.78 is 31.9. The average molecular weight is 273 g/mol. The minimum atomic E-state index is -3.81. The number of rotatable bonds is 4. The highest BCUT2D eigenvalue weighted by Gasteiger charge is 2.47. The van der Waals surface area contributed by atoms with Gasteiger partial charge in [-0.25, -0.2) is 4.79 Å². The van der Waals surface area contributed by atoms with Gasteiger partial charge in [-0.1, -0.05) is 12.1 Å². The summed E-state index contributed by atoms with van der Waals surface area (Å²) in [6.07, 6.45) is 0. The Hall–Kier alpha value is -1.69. The Labute approximate surface area is 110 Å². The van der Waals surface area contributed by atoms with Crippen LogP contribution in [0.5, 0.6) is 5.75 Å². The van der Waals surface area contributed by atoms with E-state index in [2.05, 4.69) is 4.74 Å². The van der Waals surface area contributed by atoms with Crippen LogP contribution in [0.15, 0.2) is 12.1 Å². The molecule has 1 atom stereocenters. The van der Waals surface area contributed by atoms with Crippen molar-refractivity contribution in [2.24, 2.45) is 5.73 Å². The molecule has 0 bridgehead atoms. The number of benzene rings is 1. The smallest absolute Gasteiger partial charge is 0.379 e. The lowest BCUT2D eigenvalue weighted by Gasteiger charge is -2.22. The number of hydrogen-bond acceptors (Lipinski definition) is 4. The number of alkyl halides is 2. The van der Waals surface area contributed by atoms with Crippen molar-refractivity contribution < 1.29 is 23.4 Å². The van der Waals surface area contributed by atoms with E-state index in [9.17, 15) is 18.7 Å². The topological polar surface area (TPSA) is 72.5 Å². The van der Waals surface area contributed by atoms with E-state index in [0.717, 1.165) is 0 Å². The Morgan fingerprint density at radius 2 is 1.89 bits per heavy atom. The predicted molar refractivity (Wildman–Crippen MR) is 66.1 cm³/mol. The normalized spacial score (nSPS) is 13.2. The number of aromatic hydroxyl groups is 1. The number of aryl methyl sites for hydroxylation is 2. The first-order chi connectivity index (χ1) is 8.71. The molecule has 0 fully saturated rings. The van der Waals surface area contributed by atoms with Crippen molar-refractivity contribution in [3.8, 4) is 5.75 Å². The van der Waals surface area contributed by atoms with Gasteiger partial charge in [0.2, 0.25) is 0 Å². The van der Waals surface area contributed by atoms with Gasteiger partial charge in [0.05, 0.1) is 6.61 Å². The third kappa shape index (κ3) is 3.01. The highest BCUT2D eigenvalue weighted by atomic mass is 19.3. The Balaban J connectivity index is 3.12. The molecule has 0 radical (unpaired) electrons. The lowest BCUT2D eigenvalue weighted by atomic mass is 9.97. The fraction of sp³-hybridized carbons (Fsp3) is 0.462. The average Bonchev–Trinajstić information content (AvgIpc) is 2.34. The van der Waals surface area contributed by atoms with Crippen molar-refractivity contribution in [3.63, 3.8) is 0 Å².